The zero-order chi connectivity index (χ0) is 75.1. The van der Waals surface area contributed by atoms with Crippen LogP contribution in [0.2, 0.25) is 0 Å². The van der Waals surface area contributed by atoms with E-state index in [1.807, 2.05) is 12.2 Å². The highest BCUT2D eigenvalue weighted by molar-refractivity contribution is 6.04. The molecule has 0 heterocycles. The minimum atomic E-state index is -0.741. The molecule has 0 bridgehead atoms. The average Bonchev–Trinajstić information content (AvgIpc) is 1.51. The van der Waals surface area contributed by atoms with E-state index in [0.717, 1.165) is 51.7 Å². The predicted molar refractivity (Wildman–Crippen MR) is 469 cm³/mol. The maximum atomic E-state index is 4.17. The summed E-state index contributed by atoms with van der Waals surface area (Å²) in [4.78, 5) is 5.16. The standard InChI is InChI=1S/C109H86N2/c1-9-70-41-43-72(44-42-70)69-108(79-55-53-78(54-56-79)107(6,7)8)96-36-20-17-32-88(96)91-62-58-81(66-99(91)108)111(103-40-24-28-74-26-12-14-30-85(74)103)83-60-64-93-90-34-19-22-38-98(90)109(101(93)68-83)97-37-21-18-33-89(97)92-63-59-82(67-100(92)109)110(102-39-23-27-73-25-11-13-29-84(73)102)80-57-61-87-86-31-15-16-35-94(86)105(95(87)65-80)104(75-47-45-71(10-2)46-48-75)76-49-51-77(52-50-76)106(3,4)5/h9-68,104-105H,1-2,69H2,3-8H3. The summed E-state index contributed by atoms with van der Waals surface area (Å²) in [7, 11) is 0. The first-order valence-corrected chi connectivity index (χ1v) is 39.4. The van der Waals surface area contributed by atoms with Crippen molar-refractivity contribution >= 4 is 67.8 Å². The Morgan fingerprint density at radius 2 is 0.703 bits per heavy atom. The van der Waals surface area contributed by atoms with Crippen molar-refractivity contribution in [1.29, 1.82) is 0 Å². The summed E-state index contributed by atoms with van der Waals surface area (Å²) in [6, 6.07) is 135. The minimum Gasteiger partial charge on any atom is -0.310 e. The Morgan fingerprint density at radius 1 is 0.324 bits per heavy atom. The number of nitrogens with zero attached hydrogens (tertiary/aromatic N) is 2. The van der Waals surface area contributed by atoms with Crippen molar-refractivity contribution in [2.45, 2.75) is 81.5 Å². The van der Waals surface area contributed by atoms with Gasteiger partial charge in [0.25, 0.3) is 0 Å². The highest BCUT2D eigenvalue weighted by atomic mass is 15.2. The molecular formula is C109H86N2. The lowest BCUT2D eigenvalue weighted by molar-refractivity contribution is 0.586. The van der Waals surface area contributed by atoms with Crippen molar-refractivity contribution in [3.8, 4) is 44.5 Å². The lowest BCUT2D eigenvalue weighted by Gasteiger charge is -2.35. The first-order valence-electron chi connectivity index (χ1n) is 39.4. The highest BCUT2D eigenvalue weighted by Gasteiger charge is 2.53. The van der Waals surface area contributed by atoms with Gasteiger partial charge in [0.2, 0.25) is 0 Å². The third kappa shape index (κ3) is 10.6. The molecule has 20 rings (SSSR count). The first kappa shape index (κ1) is 67.5. The lowest BCUT2D eigenvalue weighted by Crippen LogP contribution is -2.30. The van der Waals surface area contributed by atoms with Gasteiger partial charge in [-0.1, -0.05) is 358 Å². The van der Waals surface area contributed by atoms with E-state index in [2.05, 4.69) is 416 Å². The van der Waals surface area contributed by atoms with Gasteiger partial charge in [-0.15, -0.1) is 0 Å². The van der Waals surface area contributed by atoms with Crippen LogP contribution >= 0.6 is 0 Å². The summed E-state index contributed by atoms with van der Waals surface area (Å²) in [5.74, 6) is -0.00524. The van der Waals surface area contributed by atoms with Crippen LogP contribution in [0.3, 0.4) is 0 Å². The minimum absolute atomic E-state index is 0.000133. The molecule has 111 heavy (non-hydrogen) atoms. The number of benzene rings is 16. The van der Waals surface area contributed by atoms with E-state index in [1.54, 1.807) is 0 Å². The molecule has 532 valence electrons. The van der Waals surface area contributed by atoms with E-state index in [9.17, 15) is 0 Å². The average molecular weight is 1420 g/mol. The Hall–Kier alpha value is -12.9. The van der Waals surface area contributed by atoms with E-state index in [0.29, 0.717) is 0 Å². The zero-order valence-corrected chi connectivity index (χ0v) is 63.8. The SMILES string of the molecule is C=Cc1ccc(CC2(c3ccc(C(C)(C)C)cc3)c3ccccc3-c3ccc(N(c4ccc5c(c4)C4(c6ccccc6-c6ccc(N(c7ccc8c(c7)C(C(c7ccc(C=C)cc7)c7ccc(C(C)(C)C)cc7)c7ccccc7-8)c7cccc8ccccc78)cc64)c4ccccc4-5)c4cccc5ccccc45)cc32)cc1. The van der Waals surface area contributed by atoms with Gasteiger partial charge in [0, 0.05) is 45.4 Å². The van der Waals surface area contributed by atoms with Crippen LogP contribution in [-0.4, -0.2) is 0 Å². The van der Waals surface area contributed by atoms with Gasteiger partial charge in [-0.25, -0.2) is 0 Å². The molecule has 4 atom stereocenters. The number of hydrogen-bond donors (Lipinski definition) is 0. The Labute approximate surface area is 653 Å². The molecule has 0 aliphatic heterocycles. The fraction of sp³-hybridized carbons (Fsp3) is 0.119. The van der Waals surface area contributed by atoms with Crippen LogP contribution < -0.4 is 9.80 Å². The number of rotatable bonds is 14. The normalized spacial score (nSPS) is 16.3. The topological polar surface area (TPSA) is 6.48 Å². The Bertz CT molecular complexity index is 6410. The van der Waals surface area contributed by atoms with Crippen molar-refractivity contribution < 1.29 is 0 Å². The number of anilines is 6. The van der Waals surface area contributed by atoms with Crippen molar-refractivity contribution in [2.75, 3.05) is 9.80 Å². The fourth-order valence-corrected chi connectivity index (χ4v) is 19.8. The third-order valence-corrected chi connectivity index (χ3v) is 25.1. The third-order valence-electron chi connectivity index (χ3n) is 25.1. The fourth-order valence-electron chi connectivity index (χ4n) is 19.8. The molecule has 0 radical (unpaired) electrons. The zero-order valence-electron chi connectivity index (χ0n) is 63.8. The molecule has 1 spiro atoms. The number of fused-ring (bicyclic) bond motifs is 18. The van der Waals surface area contributed by atoms with E-state index < -0.39 is 10.8 Å². The number of hydrogen-bond acceptors (Lipinski definition) is 2. The van der Waals surface area contributed by atoms with Crippen LogP contribution in [0.25, 0.3) is 78.2 Å². The van der Waals surface area contributed by atoms with Crippen LogP contribution in [0.1, 0.15) is 142 Å². The van der Waals surface area contributed by atoms with Gasteiger partial charge in [-0.3, -0.25) is 0 Å². The molecule has 4 aliphatic rings. The van der Waals surface area contributed by atoms with E-state index in [4.69, 9.17) is 0 Å². The van der Waals surface area contributed by atoms with Gasteiger partial charge >= 0.3 is 0 Å². The van der Waals surface area contributed by atoms with Crippen LogP contribution in [0.15, 0.2) is 365 Å². The molecule has 0 aromatic heterocycles. The Morgan fingerprint density at radius 3 is 1.22 bits per heavy atom. The molecule has 0 N–H and O–H groups in total. The molecule has 4 unspecified atom stereocenters. The molecule has 0 saturated heterocycles. The maximum absolute atomic E-state index is 4.17. The summed E-state index contributed by atoms with van der Waals surface area (Å²) < 4.78 is 0. The molecule has 0 amide bonds. The lowest BCUT2D eigenvalue weighted by atomic mass is 9.68. The first-order chi connectivity index (χ1) is 54.2. The molecule has 4 aliphatic carbocycles. The molecule has 16 aromatic rings. The quantitative estimate of drug-likeness (QED) is 0.107. The molecule has 0 fully saturated rings. The van der Waals surface area contributed by atoms with Crippen molar-refractivity contribution in [3.05, 3.63) is 454 Å². The molecule has 0 saturated carbocycles. The maximum Gasteiger partial charge on any atom is 0.0727 e. The molecule has 16 aromatic carbocycles. The van der Waals surface area contributed by atoms with E-state index in [1.165, 1.54) is 144 Å². The summed E-state index contributed by atoms with van der Waals surface area (Å²) in [5.41, 5.74) is 35.7. The van der Waals surface area contributed by atoms with Gasteiger partial charge in [0.05, 0.1) is 22.2 Å². The van der Waals surface area contributed by atoms with Gasteiger partial charge in [-0.2, -0.15) is 0 Å². The largest absolute Gasteiger partial charge is 0.310 e. The highest BCUT2D eigenvalue weighted by Crippen LogP contribution is 2.65. The summed E-state index contributed by atoms with van der Waals surface area (Å²) in [6.07, 6.45) is 4.66. The summed E-state index contributed by atoms with van der Waals surface area (Å²) in [5, 5.41) is 4.73. The summed E-state index contributed by atoms with van der Waals surface area (Å²) in [6.45, 7) is 22.2. The Kier molecular flexibility index (Phi) is 15.7. The monoisotopic (exact) mass is 1420 g/mol. The second kappa shape index (κ2) is 25.9. The van der Waals surface area contributed by atoms with Crippen LogP contribution in [0.4, 0.5) is 34.1 Å². The van der Waals surface area contributed by atoms with Crippen molar-refractivity contribution in [2.24, 2.45) is 0 Å². The smallest absolute Gasteiger partial charge is 0.0727 e. The van der Waals surface area contributed by atoms with Crippen molar-refractivity contribution in [3.63, 3.8) is 0 Å². The van der Waals surface area contributed by atoms with Gasteiger partial charge in [0.15, 0.2) is 0 Å². The second-order valence-electron chi connectivity index (χ2n) is 33.2. The van der Waals surface area contributed by atoms with Gasteiger partial charge < -0.3 is 9.80 Å². The van der Waals surface area contributed by atoms with E-state index in [-0.39, 0.29) is 22.7 Å². The van der Waals surface area contributed by atoms with Crippen LogP contribution in [0, 0.1) is 0 Å². The van der Waals surface area contributed by atoms with Crippen LogP contribution in [-0.2, 0) is 28.1 Å². The predicted octanol–water partition coefficient (Wildman–Crippen LogP) is 28.7. The second-order valence-corrected chi connectivity index (χ2v) is 33.2. The van der Waals surface area contributed by atoms with Crippen LogP contribution in [0.5, 0.6) is 0 Å². The molecule has 2 heteroatoms. The van der Waals surface area contributed by atoms with E-state index >= 15 is 0 Å². The van der Waals surface area contributed by atoms with Gasteiger partial charge in [0.1, 0.15) is 0 Å². The molecule has 2 nitrogen and oxygen atoms in total. The summed E-state index contributed by atoms with van der Waals surface area (Å²) >= 11 is 0. The Balaban J connectivity index is 0.801. The van der Waals surface area contributed by atoms with Gasteiger partial charge in [-0.05, 0) is 222 Å². The molecular weight excluding hydrogens is 1340 g/mol. The van der Waals surface area contributed by atoms with Crippen molar-refractivity contribution in [1.82, 2.24) is 0 Å².